The first-order valence-electron chi connectivity index (χ1n) is 9.11. The fourth-order valence-electron chi connectivity index (χ4n) is 2.60. The molecule has 150 valence electrons. The lowest BCUT2D eigenvalue weighted by molar-refractivity contribution is 0.102. The zero-order valence-electron chi connectivity index (χ0n) is 16.3. The van der Waals surface area contributed by atoms with Crippen LogP contribution in [-0.4, -0.2) is 38.3 Å². The molecule has 0 radical (unpaired) electrons. The van der Waals surface area contributed by atoms with E-state index in [-0.39, 0.29) is 5.91 Å². The van der Waals surface area contributed by atoms with Crippen molar-refractivity contribution in [3.05, 3.63) is 72.4 Å². The van der Waals surface area contributed by atoms with E-state index in [0.717, 1.165) is 11.5 Å². The van der Waals surface area contributed by atoms with E-state index in [1.807, 2.05) is 36.4 Å². The molecule has 0 saturated carbocycles. The number of hydrogen-bond acceptors (Lipinski definition) is 6. The summed E-state index contributed by atoms with van der Waals surface area (Å²) in [5.74, 6) is 2.57. The minimum atomic E-state index is -0.253. The predicted octanol–water partition coefficient (Wildman–Crippen LogP) is 3.84. The minimum absolute atomic E-state index is 0.253. The van der Waals surface area contributed by atoms with E-state index in [1.165, 1.54) is 6.20 Å². The Morgan fingerprint density at radius 3 is 2.38 bits per heavy atom. The third-order valence-electron chi connectivity index (χ3n) is 4.12. The van der Waals surface area contributed by atoms with Gasteiger partial charge in [0, 0.05) is 6.20 Å². The molecule has 1 aromatic heterocycles. The molecule has 3 rings (SSSR count). The molecule has 1 amide bonds. The molecule has 0 spiro atoms. The van der Waals surface area contributed by atoms with Crippen molar-refractivity contribution in [2.75, 3.05) is 38.0 Å². The number of anilines is 2. The van der Waals surface area contributed by atoms with Crippen molar-refractivity contribution >= 4 is 17.4 Å². The maximum Gasteiger partial charge on any atom is 0.257 e. The standard InChI is InChI=1S/C22H23N3O4/c1-27-17-8-10-18(11-9-17)29-14-13-23-21-12-7-16(15-24-21)22(26)25-19-5-3-4-6-20(19)28-2/h3-12,15H,13-14H2,1-2H3,(H,23,24)(H,25,26). The van der Waals surface area contributed by atoms with Crippen LogP contribution in [0, 0.1) is 0 Å². The Morgan fingerprint density at radius 2 is 1.69 bits per heavy atom. The number of aromatic nitrogens is 1. The van der Waals surface area contributed by atoms with Gasteiger partial charge in [0.05, 0.1) is 32.0 Å². The van der Waals surface area contributed by atoms with Gasteiger partial charge in [0.2, 0.25) is 0 Å². The third-order valence-corrected chi connectivity index (χ3v) is 4.12. The first-order chi connectivity index (χ1) is 14.2. The number of para-hydroxylation sites is 2. The zero-order chi connectivity index (χ0) is 20.5. The van der Waals surface area contributed by atoms with Crippen molar-refractivity contribution < 1.29 is 19.0 Å². The highest BCUT2D eigenvalue weighted by Gasteiger charge is 2.09. The number of pyridine rings is 1. The van der Waals surface area contributed by atoms with Gasteiger partial charge in [-0.3, -0.25) is 4.79 Å². The molecule has 2 aromatic carbocycles. The van der Waals surface area contributed by atoms with Crippen molar-refractivity contribution in [2.24, 2.45) is 0 Å². The SMILES string of the molecule is COc1ccc(OCCNc2ccc(C(=O)Nc3ccccc3OC)cn2)cc1. The number of hydrogen-bond donors (Lipinski definition) is 2. The highest BCUT2D eigenvalue weighted by molar-refractivity contribution is 6.04. The van der Waals surface area contributed by atoms with Crippen LogP contribution in [-0.2, 0) is 0 Å². The number of benzene rings is 2. The summed E-state index contributed by atoms with van der Waals surface area (Å²) >= 11 is 0. The highest BCUT2D eigenvalue weighted by atomic mass is 16.5. The Hall–Kier alpha value is -3.74. The van der Waals surface area contributed by atoms with Crippen molar-refractivity contribution in [3.63, 3.8) is 0 Å². The smallest absolute Gasteiger partial charge is 0.257 e. The van der Waals surface area contributed by atoms with E-state index in [9.17, 15) is 4.79 Å². The van der Waals surface area contributed by atoms with E-state index < -0.39 is 0 Å². The fourth-order valence-corrected chi connectivity index (χ4v) is 2.60. The molecular formula is C22H23N3O4. The second kappa shape index (κ2) is 9.98. The lowest BCUT2D eigenvalue weighted by Crippen LogP contribution is -2.14. The van der Waals surface area contributed by atoms with Crippen molar-refractivity contribution in [1.82, 2.24) is 4.98 Å². The number of amides is 1. The van der Waals surface area contributed by atoms with E-state index in [1.54, 1.807) is 38.5 Å². The topological polar surface area (TPSA) is 81.7 Å². The van der Waals surface area contributed by atoms with Gasteiger partial charge in [0.15, 0.2) is 0 Å². The van der Waals surface area contributed by atoms with Crippen LogP contribution >= 0.6 is 0 Å². The molecule has 1 heterocycles. The molecule has 0 saturated heterocycles. The Bertz CT molecular complexity index is 928. The molecule has 2 N–H and O–H groups in total. The van der Waals surface area contributed by atoms with E-state index >= 15 is 0 Å². The number of carbonyl (C=O) groups is 1. The van der Waals surface area contributed by atoms with E-state index in [2.05, 4.69) is 15.6 Å². The van der Waals surface area contributed by atoms with Crippen LogP contribution in [0.3, 0.4) is 0 Å². The summed E-state index contributed by atoms with van der Waals surface area (Å²) in [6, 6.07) is 18.1. The van der Waals surface area contributed by atoms with Gasteiger partial charge in [-0.2, -0.15) is 0 Å². The Balaban J connectivity index is 1.47. The summed E-state index contributed by atoms with van der Waals surface area (Å²) < 4.78 is 16.0. The maximum absolute atomic E-state index is 12.4. The first kappa shape index (κ1) is 20.0. The normalized spacial score (nSPS) is 10.1. The van der Waals surface area contributed by atoms with Gasteiger partial charge in [-0.1, -0.05) is 12.1 Å². The Labute approximate surface area is 169 Å². The summed E-state index contributed by atoms with van der Waals surface area (Å²) in [5, 5.41) is 5.98. The fraction of sp³-hybridized carbons (Fsp3) is 0.182. The van der Waals surface area contributed by atoms with Gasteiger partial charge in [-0.15, -0.1) is 0 Å². The first-order valence-corrected chi connectivity index (χ1v) is 9.11. The number of rotatable bonds is 9. The molecule has 0 aliphatic carbocycles. The number of methoxy groups -OCH3 is 2. The monoisotopic (exact) mass is 393 g/mol. The summed E-state index contributed by atoms with van der Waals surface area (Å²) in [6.07, 6.45) is 1.53. The van der Waals surface area contributed by atoms with E-state index in [4.69, 9.17) is 14.2 Å². The highest BCUT2D eigenvalue weighted by Crippen LogP contribution is 2.23. The zero-order valence-corrected chi connectivity index (χ0v) is 16.3. The van der Waals surface area contributed by atoms with Gasteiger partial charge in [-0.25, -0.2) is 4.98 Å². The number of nitrogens with one attached hydrogen (secondary N) is 2. The van der Waals surface area contributed by atoms with Crippen molar-refractivity contribution in [1.29, 1.82) is 0 Å². The second-order valence-corrected chi connectivity index (χ2v) is 6.04. The quantitative estimate of drug-likeness (QED) is 0.538. The lowest BCUT2D eigenvalue weighted by Gasteiger charge is -2.11. The third kappa shape index (κ3) is 5.62. The summed E-state index contributed by atoms with van der Waals surface area (Å²) in [4.78, 5) is 16.7. The van der Waals surface area contributed by atoms with Gasteiger partial charge in [0.1, 0.15) is 29.7 Å². The van der Waals surface area contributed by atoms with Crippen molar-refractivity contribution in [3.8, 4) is 17.2 Å². The van der Waals surface area contributed by atoms with Crippen LogP contribution in [0.2, 0.25) is 0 Å². The van der Waals surface area contributed by atoms with Gasteiger partial charge in [0.25, 0.3) is 5.91 Å². The van der Waals surface area contributed by atoms with Crippen LogP contribution in [0.15, 0.2) is 66.9 Å². The van der Waals surface area contributed by atoms with Crippen LogP contribution < -0.4 is 24.8 Å². The molecule has 29 heavy (non-hydrogen) atoms. The summed E-state index contributed by atoms with van der Waals surface area (Å²) in [7, 11) is 3.19. The van der Waals surface area contributed by atoms with Gasteiger partial charge >= 0.3 is 0 Å². The molecule has 7 nitrogen and oxygen atoms in total. The Kier molecular flexibility index (Phi) is 6.89. The molecular weight excluding hydrogens is 370 g/mol. The molecule has 3 aromatic rings. The molecule has 0 fully saturated rings. The average Bonchev–Trinajstić information content (AvgIpc) is 2.78. The molecule has 0 atom stereocenters. The van der Waals surface area contributed by atoms with Crippen molar-refractivity contribution in [2.45, 2.75) is 0 Å². The maximum atomic E-state index is 12.4. The Morgan fingerprint density at radius 1 is 0.931 bits per heavy atom. The van der Waals surface area contributed by atoms with Crippen LogP contribution in [0.1, 0.15) is 10.4 Å². The van der Waals surface area contributed by atoms with Crippen LogP contribution in [0.5, 0.6) is 17.2 Å². The second-order valence-electron chi connectivity index (χ2n) is 6.04. The van der Waals surface area contributed by atoms with Gasteiger partial charge in [-0.05, 0) is 48.5 Å². The summed E-state index contributed by atoms with van der Waals surface area (Å²) in [5.41, 5.74) is 1.06. The summed E-state index contributed by atoms with van der Waals surface area (Å²) in [6.45, 7) is 1.05. The van der Waals surface area contributed by atoms with Crippen LogP contribution in [0.4, 0.5) is 11.5 Å². The largest absolute Gasteiger partial charge is 0.497 e. The molecule has 7 heteroatoms. The van der Waals surface area contributed by atoms with Gasteiger partial charge < -0.3 is 24.8 Å². The number of nitrogens with zero attached hydrogens (tertiary/aromatic N) is 1. The molecule has 0 unspecified atom stereocenters. The van der Waals surface area contributed by atoms with Crippen LogP contribution in [0.25, 0.3) is 0 Å². The minimum Gasteiger partial charge on any atom is -0.497 e. The number of ether oxygens (including phenoxy) is 3. The molecule has 0 aliphatic rings. The average molecular weight is 393 g/mol. The van der Waals surface area contributed by atoms with E-state index in [0.29, 0.717) is 36.0 Å². The number of carbonyl (C=O) groups excluding carboxylic acids is 1. The predicted molar refractivity (Wildman–Crippen MR) is 112 cm³/mol. The molecule has 0 aliphatic heterocycles. The molecule has 0 bridgehead atoms. The lowest BCUT2D eigenvalue weighted by atomic mass is 10.2.